The predicted octanol–water partition coefficient (Wildman–Crippen LogP) is 1.87. The zero-order valence-corrected chi connectivity index (χ0v) is 13.5. The van der Waals surface area contributed by atoms with Gasteiger partial charge < -0.3 is 5.32 Å². The van der Waals surface area contributed by atoms with E-state index in [1.54, 1.807) is 35.7 Å². The van der Waals surface area contributed by atoms with Crippen molar-refractivity contribution in [2.75, 3.05) is 0 Å². The van der Waals surface area contributed by atoms with E-state index in [0.29, 0.717) is 24.0 Å². The van der Waals surface area contributed by atoms with Crippen LogP contribution in [0.4, 0.5) is 0 Å². The van der Waals surface area contributed by atoms with E-state index in [0.717, 1.165) is 9.88 Å². The second-order valence-corrected chi connectivity index (χ2v) is 6.45. The summed E-state index contributed by atoms with van der Waals surface area (Å²) in [5.74, 6) is -0.101. The molecular weight excluding hydrogens is 312 g/mol. The molecule has 3 aromatic rings. The molecule has 0 saturated carbocycles. The standard InChI is InChI=1S/C16H16N4O2S/c1-11-17-8-12(23-11)9-18-15(21)6-7-20-10-19-14-5-3-2-4-13(14)16(20)22/h2-5,8,10H,6-7,9H2,1H3,(H,18,21). The molecule has 7 heteroatoms. The number of fused-ring (bicyclic) bond motifs is 1. The Morgan fingerprint density at radius 1 is 1.30 bits per heavy atom. The van der Waals surface area contributed by atoms with Crippen LogP contribution in [-0.4, -0.2) is 20.4 Å². The van der Waals surface area contributed by atoms with Crippen LogP contribution in [0.3, 0.4) is 0 Å². The number of carbonyl (C=O) groups excluding carboxylic acids is 1. The van der Waals surface area contributed by atoms with Crippen molar-refractivity contribution in [1.29, 1.82) is 0 Å². The Morgan fingerprint density at radius 2 is 2.13 bits per heavy atom. The van der Waals surface area contributed by atoms with Gasteiger partial charge in [0.1, 0.15) is 0 Å². The molecule has 1 aromatic carbocycles. The molecule has 2 heterocycles. The smallest absolute Gasteiger partial charge is 0.261 e. The maximum atomic E-state index is 12.3. The number of hydrogen-bond acceptors (Lipinski definition) is 5. The number of amides is 1. The highest BCUT2D eigenvalue weighted by atomic mass is 32.1. The highest BCUT2D eigenvalue weighted by molar-refractivity contribution is 7.11. The Kier molecular flexibility index (Phi) is 4.47. The fraction of sp³-hybridized carbons (Fsp3) is 0.250. The highest BCUT2D eigenvalue weighted by Gasteiger charge is 2.07. The molecule has 0 aliphatic heterocycles. The van der Waals surface area contributed by atoms with E-state index >= 15 is 0 Å². The van der Waals surface area contributed by atoms with Gasteiger partial charge in [-0.05, 0) is 19.1 Å². The number of hydrogen-bond donors (Lipinski definition) is 1. The summed E-state index contributed by atoms with van der Waals surface area (Å²) in [7, 11) is 0. The van der Waals surface area contributed by atoms with E-state index in [4.69, 9.17) is 0 Å². The van der Waals surface area contributed by atoms with Crippen LogP contribution in [0, 0.1) is 6.92 Å². The quantitative estimate of drug-likeness (QED) is 0.776. The molecule has 23 heavy (non-hydrogen) atoms. The van der Waals surface area contributed by atoms with Gasteiger partial charge in [0, 0.05) is 24.0 Å². The van der Waals surface area contributed by atoms with Crippen LogP contribution >= 0.6 is 11.3 Å². The molecule has 0 radical (unpaired) electrons. The van der Waals surface area contributed by atoms with Crippen molar-refractivity contribution < 1.29 is 4.79 Å². The lowest BCUT2D eigenvalue weighted by Crippen LogP contribution is -2.27. The summed E-state index contributed by atoms with van der Waals surface area (Å²) in [6.45, 7) is 2.70. The van der Waals surface area contributed by atoms with Crippen molar-refractivity contribution in [2.45, 2.75) is 26.4 Å². The Morgan fingerprint density at radius 3 is 2.91 bits per heavy atom. The van der Waals surface area contributed by atoms with Crippen molar-refractivity contribution in [1.82, 2.24) is 19.9 Å². The van der Waals surface area contributed by atoms with E-state index in [1.165, 1.54) is 10.9 Å². The highest BCUT2D eigenvalue weighted by Crippen LogP contribution is 2.10. The van der Waals surface area contributed by atoms with Gasteiger partial charge in [-0.25, -0.2) is 9.97 Å². The molecule has 3 rings (SSSR count). The van der Waals surface area contributed by atoms with Crippen LogP contribution in [0.2, 0.25) is 0 Å². The molecule has 1 amide bonds. The Bertz CT molecular complexity index is 900. The molecule has 0 unspecified atom stereocenters. The largest absolute Gasteiger partial charge is 0.351 e. The van der Waals surface area contributed by atoms with Crippen molar-refractivity contribution in [3.63, 3.8) is 0 Å². The molecular formula is C16H16N4O2S. The van der Waals surface area contributed by atoms with E-state index in [1.807, 2.05) is 13.0 Å². The Balaban J connectivity index is 1.60. The topological polar surface area (TPSA) is 76.9 Å². The summed E-state index contributed by atoms with van der Waals surface area (Å²) >= 11 is 1.56. The zero-order valence-electron chi connectivity index (χ0n) is 12.7. The number of para-hydroxylation sites is 1. The summed E-state index contributed by atoms with van der Waals surface area (Å²) < 4.78 is 1.47. The first-order valence-corrected chi connectivity index (χ1v) is 8.07. The average Bonchev–Trinajstić information content (AvgIpc) is 2.98. The maximum absolute atomic E-state index is 12.3. The first kappa shape index (κ1) is 15.4. The van der Waals surface area contributed by atoms with Gasteiger partial charge in [-0.2, -0.15) is 0 Å². The van der Waals surface area contributed by atoms with E-state index in [-0.39, 0.29) is 17.9 Å². The van der Waals surface area contributed by atoms with Crippen molar-refractivity contribution in [2.24, 2.45) is 0 Å². The summed E-state index contributed by atoms with van der Waals surface area (Å²) in [6.07, 6.45) is 3.49. The molecule has 0 spiro atoms. The van der Waals surface area contributed by atoms with Crippen LogP contribution in [0.15, 0.2) is 41.6 Å². The third-order valence-electron chi connectivity index (χ3n) is 3.44. The van der Waals surface area contributed by atoms with Gasteiger partial charge in [-0.15, -0.1) is 11.3 Å². The first-order valence-electron chi connectivity index (χ1n) is 7.25. The molecule has 6 nitrogen and oxygen atoms in total. The fourth-order valence-corrected chi connectivity index (χ4v) is 2.98. The summed E-state index contributed by atoms with van der Waals surface area (Å²) in [6, 6.07) is 7.19. The lowest BCUT2D eigenvalue weighted by molar-refractivity contribution is -0.121. The number of aromatic nitrogens is 3. The lowest BCUT2D eigenvalue weighted by Gasteiger charge is -2.07. The predicted molar refractivity (Wildman–Crippen MR) is 89.3 cm³/mol. The fourth-order valence-electron chi connectivity index (χ4n) is 2.25. The molecule has 0 fully saturated rings. The van der Waals surface area contributed by atoms with Gasteiger partial charge >= 0.3 is 0 Å². The molecule has 0 aliphatic carbocycles. The van der Waals surface area contributed by atoms with Crippen LogP contribution < -0.4 is 10.9 Å². The number of benzene rings is 1. The number of nitrogens with zero attached hydrogens (tertiary/aromatic N) is 3. The average molecular weight is 328 g/mol. The van der Waals surface area contributed by atoms with Crippen LogP contribution in [0.25, 0.3) is 10.9 Å². The van der Waals surface area contributed by atoms with Gasteiger partial charge in [0.05, 0.1) is 28.8 Å². The minimum Gasteiger partial charge on any atom is -0.351 e. The Hall–Kier alpha value is -2.54. The summed E-state index contributed by atoms with van der Waals surface area (Å²) in [5, 5.41) is 4.38. The van der Waals surface area contributed by atoms with E-state index < -0.39 is 0 Å². The molecule has 2 aromatic heterocycles. The van der Waals surface area contributed by atoms with Gasteiger partial charge in [-0.3, -0.25) is 14.2 Å². The van der Waals surface area contributed by atoms with Gasteiger partial charge in [0.15, 0.2) is 0 Å². The van der Waals surface area contributed by atoms with E-state index in [9.17, 15) is 9.59 Å². The van der Waals surface area contributed by atoms with Crippen molar-refractivity contribution in [3.8, 4) is 0 Å². The minimum absolute atomic E-state index is 0.101. The van der Waals surface area contributed by atoms with Gasteiger partial charge in [-0.1, -0.05) is 12.1 Å². The van der Waals surface area contributed by atoms with Crippen molar-refractivity contribution >= 4 is 28.1 Å². The number of nitrogens with one attached hydrogen (secondary N) is 1. The van der Waals surface area contributed by atoms with Crippen LogP contribution in [0.1, 0.15) is 16.3 Å². The second-order valence-electron chi connectivity index (χ2n) is 5.13. The normalized spacial score (nSPS) is 10.8. The molecule has 0 saturated heterocycles. The molecule has 0 aliphatic rings. The summed E-state index contributed by atoms with van der Waals surface area (Å²) in [5.41, 5.74) is 0.542. The third-order valence-corrected chi connectivity index (χ3v) is 4.35. The third kappa shape index (κ3) is 3.62. The van der Waals surface area contributed by atoms with Crippen molar-refractivity contribution in [3.05, 3.63) is 57.0 Å². The van der Waals surface area contributed by atoms with Crippen LogP contribution in [-0.2, 0) is 17.9 Å². The number of thiazole rings is 1. The summed E-state index contributed by atoms with van der Waals surface area (Å²) in [4.78, 5) is 33.6. The molecule has 0 atom stereocenters. The monoisotopic (exact) mass is 328 g/mol. The Labute approximate surface area is 136 Å². The minimum atomic E-state index is -0.124. The zero-order chi connectivity index (χ0) is 16.2. The number of carbonyl (C=O) groups is 1. The first-order chi connectivity index (χ1) is 11.1. The van der Waals surface area contributed by atoms with Gasteiger partial charge in [0.2, 0.25) is 5.91 Å². The molecule has 118 valence electrons. The van der Waals surface area contributed by atoms with Gasteiger partial charge in [0.25, 0.3) is 5.56 Å². The number of rotatable bonds is 5. The number of aryl methyl sites for hydroxylation is 2. The van der Waals surface area contributed by atoms with Crippen LogP contribution in [0.5, 0.6) is 0 Å². The van der Waals surface area contributed by atoms with E-state index in [2.05, 4.69) is 15.3 Å². The molecule has 0 bridgehead atoms. The second kappa shape index (κ2) is 6.70. The lowest BCUT2D eigenvalue weighted by atomic mass is 10.2. The molecule has 1 N–H and O–H groups in total. The maximum Gasteiger partial charge on any atom is 0.261 e. The SMILES string of the molecule is Cc1ncc(CNC(=O)CCn2cnc3ccccc3c2=O)s1.